The van der Waals surface area contributed by atoms with Gasteiger partial charge in [-0.25, -0.2) is 9.38 Å². The molecular formula is C24H17N3O5S. The van der Waals surface area contributed by atoms with E-state index in [-0.39, 0.29) is 17.9 Å². The molecule has 0 atom stereocenters. The predicted octanol–water partition coefficient (Wildman–Crippen LogP) is 3.95. The number of nitro benzene ring substituents is 1. The Morgan fingerprint density at radius 1 is 1.09 bits per heavy atom. The molecule has 0 N–H and O–H groups in total. The second-order valence-electron chi connectivity index (χ2n) is 7.23. The van der Waals surface area contributed by atoms with Crippen LogP contribution >= 0.6 is 11.3 Å². The maximum absolute atomic E-state index is 13.1. The second-order valence-corrected chi connectivity index (χ2v) is 8.23. The highest BCUT2D eigenvalue weighted by Gasteiger charge is 2.14. The number of nitro groups is 1. The number of thiazole rings is 1. The van der Waals surface area contributed by atoms with Gasteiger partial charge < -0.3 is 9.47 Å². The molecule has 2 aromatic heterocycles. The minimum Gasteiger partial charge on any atom is -0.493 e. The van der Waals surface area contributed by atoms with E-state index in [1.165, 1.54) is 23.5 Å². The first-order chi connectivity index (χ1) is 16.0. The van der Waals surface area contributed by atoms with Crippen molar-refractivity contribution in [3.8, 4) is 11.5 Å². The van der Waals surface area contributed by atoms with Gasteiger partial charge in [0.1, 0.15) is 6.61 Å². The summed E-state index contributed by atoms with van der Waals surface area (Å²) in [5, 5.41) is 10.9. The lowest BCUT2D eigenvalue weighted by molar-refractivity contribution is -0.384. The van der Waals surface area contributed by atoms with Crippen molar-refractivity contribution < 1.29 is 14.4 Å². The molecule has 0 fully saturated rings. The van der Waals surface area contributed by atoms with Gasteiger partial charge in [0.25, 0.3) is 11.2 Å². The summed E-state index contributed by atoms with van der Waals surface area (Å²) in [6.45, 7) is 0.182. The Morgan fingerprint density at radius 3 is 2.64 bits per heavy atom. The maximum atomic E-state index is 13.1. The Kier molecular flexibility index (Phi) is 5.23. The van der Waals surface area contributed by atoms with Crippen LogP contribution in [-0.2, 0) is 6.61 Å². The van der Waals surface area contributed by atoms with E-state index < -0.39 is 4.92 Å². The molecular weight excluding hydrogens is 442 g/mol. The zero-order chi connectivity index (χ0) is 22.9. The van der Waals surface area contributed by atoms with Crippen LogP contribution in [0.25, 0.3) is 22.1 Å². The molecule has 0 saturated carbocycles. The number of nitrogens with zero attached hydrogens (tertiary/aromatic N) is 3. The van der Waals surface area contributed by atoms with Gasteiger partial charge in [-0.3, -0.25) is 14.9 Å². The minimum absolute atomic E-state index is 0.0169. The fraction of sp³-hybridized carbons (Fsp3) is 0.0833. The molecule has 33 heavy (non-hydrogen) atoms. The Morgan fingerprint density at radius 2 is 1.88 bits per heavy atom. The Labute approximate surface area is 191 Å². The Bertz CT molecular complexity index is 1610. The summed E-state index contributed by atoms with van der Waals surface area (Å²) < 4.78 is 13.6. The second kappa shape index (κ2) is 8.36. The SMILES string of the molecule is COc1cccc(C=c2sc3nc4ccccc4n3c2=O)c1OCc1ccc([N+](=O)[O-])cc1. The van der Waals surface area contributed by atoms with Gasteiger partial charge in [-0.1, -0.05) is 35.6 Å². The van der Waals surface area contributed by atoms with E-state index in [9.17, 15) is 14.9 Å². The smallest absolute Gasteiger partial charge is 0.274 e. The Balaban J connectivity index is 1.54. The molecule has 0 spiro atoms. The summed E-state index contributed by atoms with van der Waals surface area (Å²) in [5.41, 5.74) is 2.87. The van der Waals surface area contributed by atoms with E-state index >= 15 is 0 Å². The van der Waals surface area contributed by atoms with Crippen molar-refractivity contribution in [2.24, 2.45) is 0 Å². The lowest BCUT2D eigenvalue weighted by Gasteiger charge is -2.13. The molecule has 0 aliphatic rings. The van der Waals surface area contributed by atoms with Crippen LogP contribution < -0.4 is 19.6 Å². The number of benzene rings is 3. The molecule has 0 radical (unpaired) electrons. The lowest BCUT2D eigenvalue weighted by Crippen LogP contribution is -2.22. The molecule has 5 aromatic rings. The lowest BCUT2D eigenvalue weighted by atomic mass is 10.1. The number of aromatic nitrogens is 2. The van der Waals surface area contributed by atoms with Crippen molar-refractivity contribution in [1.29, 1.82) is 0 Å². The van der Waals surface area contributed by atoms with Crippen LogP contribution in [0.3, 0.4) is 0 Å². The number of hydrogen-bond donors (Lipinski definition) is 0. The van der Waals surface area contributed by atoms with Crippen molar-refractivity contribution in [3.05, 3.63) is 103 Å². The molecule has 8 nitrogen and oxygen atoms in total. The number of ether oxygens (including phenoxy) is 2. The zero-order valence-electron chi connectivity index (χ0n) is 17.4. The molecule has 0 aliphatic carbocycles. The van der Waals surface area contributed by atoms with Gasteiger partial charge in [-0.2, -0.15) is 0 Å². The Hall–Kier alpha value is -4.24. The highest BCUT2D eigenvalue weighted by Crippen LogP contribution is 2.32. The summed E-state index contributed by atoms with van der Waals surface area (Å²) in [7, 11) is 1.54. The van der Waals surface area contributed by atoms with E-state index in [2.05, 4.69) is 4.98 Å². The van der Waals surface area contributed by atoms with Gasteiger partial charge >= 0.3 is 0 Å². The molecule has 0 bridgehead atoms. The zero-order valence-corrected chi connectivity index (χ0v) is 18.2. The predicted molar refractivity (Wildman–Crippen MR) is 126 cm³/mol. The summed E-state index contributed by atoms with van der Waals surface area (Å²) in [4.78, 5) is 28.7. The van der Waals surface area contributed by atoms with E-state index in [4.69, 9.17) is 9.47 Å². The van der Waals surface area contributed by atoms with Crippen LogP contribution in [0.2, 0.25) is 0 Å². The number of methoxy groups -OCH3 is 1. The number of imidazole rings is 1. The largest absolute Gasteiger partial charge is 0.493 e. The van der Waals surface area contributed by atoms with Crippen LogP contribution in [-0.4, -0.2) is 21.4 Å². The third-order valence-corrected chi connectivity index (χ3v) is 6.16. The van der Waals surface area contributed by atoms with Gasteiger partial charge in [0.2, 0.25) is 0 Å². The van der Waals surface area contributed by atoms with E-state index in [1.807, 2.05) is 36.4 Å². The first-order valence-electron chi connectivity index (χ1n) is 10.00. The van der Waals surface area contributed by atoms with E-state index in [1.54, 1.807) is 35.8 Å². The molecule has 0 aliphatic heterocycles. The fourth-order valence-electron chi connectivity index (χ4n) is 3.58. The minimum atomic E-state index is -0.445. The molecule has 164 valence electrons. The summed E-state index contributed by atoms with van der Waals surface area (Å²) in [5.74, 6) is 0.999. The summed E-state index contributed by atoms with van der Waals surface area (Å²) in [6, 6.07) is 19.1. The first-order valence-corrected chi connectivity index (χ1v) is 10.8. The van der Waals surface area contributed by atoms with Crippen LogP contribution in [0.1, 0.15) is 11.1 Å². The molecule has 0 unspecified atom stereocenters. The molecule has 0 saturated heterocycles. The number of rotatable bonds is 6. The molecule has 2 heterocycles. The fourth-order valence-corrected chi connectivity index (χ4v) is 4.56. The number of para-hydroxylation sites is 3. The van der Waals surface area contributed by atoms with Crippen LogP contribution in [0.4, 0.5) is 5.69 Å². The first kappa shape index (κ1) is 20.7. The number of hydrogen-bond acceptors (Lipinski definition) is 7. The average Bonchev–Trinajstić information content (AvgIpc) is 3.34. The van der Waals surface area contributed by atoms with Gasteiger partial charge in [0, 0.05) is 17.7 Å². The molecule has 0 amide bonds. The van der Waals surface area contributed by atoms with Crippen molar-refractivity contribution in [2.75, 3.05) is 7.11 Å². The summed E-state index contributed by atoms with van der Waals surface area (Å²) in [6.07, 6.45) is 1.77. The van der Waals surface area contributed by atoms with Gasteiger partial charge in [-0.15, -0.1) is 0 Å². The average molecular weight is 459 g/mol. The highest BCUT2D eigenvalue weighted by molar-refractivity contribution is 7.15. The normalized spacial score (nSPS) is 11.8. The van der Waals surface area contributed by atoms with Crippen molar-refractivity contribution in [3.63, 3.8) is 0 Å². The highest BCUT2D eigenvalue weighted by atomic mass is 32.1. The van der Waals surface area contributed by atoms with Crippen molar-refractivity contribution in [2.45, 2.75) is 6.61 Å². The summed E-state index contributed by atoms with van der Waals surface area (Å²) >= 11 is 1.31. The third kappa shape index (κ3) is 3.79. The van der Waals surface area contributed by atoms with Gasteiger partial charge in [-0.05, 0) is 42.0 Å². The van der Waals surface area contributed by atoms with Gasteiger partial charge in [0.05, 0.1) is 27.6 Å². The monoisotopic (exact) mass is 459 g/mol. The van der Waals surface area contributed by atoms with E-state index in [0.29, 0.717) is 26.6 Å². The van der Waals surface area contributed by atoms with Crippen molar-refractivity contribution in [1.82, 2.24) is 9.38 Å². The molecule has 5 rings (SSSR count). The maximum Gasteiger partial charge on any atom is 0.274 e. The van der Waals surface area contributed by atoms with Crippen LogP contribution in [0.5, 0.6) is 11.5 Å². The number of fused-ring (bicyclic) bond motifs is 3. The molecule has 9 heteroatoms. The van der Waals surface area contributed by atoms with Crippen molar-refractivity contribution >= 4 is 39.1 Å². The quantitative estimate of drug-likeness (QED) is 0.282. The molecule has 3 aromatic carbocycles. The van der Waals surface area contributed by atoms with Crippen LogP contribution in [0.15, 0.2) is 71.5 Å². The van der Waals surface area contributed by atoms with Gasteiger partial charge in [0.15, 0.2) is 16.5 Å². The standard InChI is InChI=1S/C24H17N3O5S/c1-31-20-8-4-5-16(22(20)32-14-15-9-11-17(12-10-15)27(29)30)13-21-23(28)26-19-7-3-2-6-18(19)25-24(26)33-21/h2-13H,14H2,1H3. The topological polar surface area (TPSA) is 96.0 Å². The van der Waals surface area contributed by atoms with Crippen LogP contribution in [0, 0.1) is 10.1 Å². The van der Waals surface area contributed by atoms with E-state index in [0.717, 1.165) is 16.6 Å². The third-order valence-electron chi connectivity index (χ3n) is 5.19. The number of non-ortho nitro benzene ring substituents is 1.